The second-order valence-corrected chi connectivity index (χ2v) is 11.4. The second kappa shape index (κ2) is 9.99. The van der Waals surface area contributed by atoms with Gasteiger partial charge in [-0.1, -0.05) is 63.3 Å². The molecule has 0 spiro atoms. The fraction of sp³-hybridized carbons (Fsp3) is 0.857. The maximum atomic E-state index is 2.71. The van der Waals surface area contributed by atoms with Crippen LogP contribution in [0.1, 0.15) is 110 Å². The number of rotatable bonds is 4. The van der Waals surface area contributed by atoms with Crippen LogP contribution < -0.4 is 0 Å². The molecule has 0 amide bonds. The molecule has 3 saturated carbocycles. The van der Waals surface area contributed by atoms with Crippen LogP contribution in [0.2, 0.25) is 0 Å². The molecule has 28 heavy (non-hydrogen) atoms. The van der Waals surface area contributed by atoms with Crippen LogP contribution in [0, 0.1) is 41.4 Å². The van der Waals surface area contributed by atoms with Gasteiger partial charge in [0, 0.05) is 0 Å². The summed E-state index contributed by atoms with van der Waals surface area (Å²) in [4.78, 5) is 0. The van der Waals surface area contributed by atoms with Gasteiger partial charge in [-0.15, -0.1) is 0 Å². The molecule has 0 bridgehead atoms. The largest absolute Gasteiger partial charge is 0.0851 e. The molecule has 0 nitrogen and oxygen atoms in total. The van der Waals surface area contributed by atoms with Crippen molar-refractivity contribution in [2.24, 2.45) is 41.4 Å². The normalized spacial score (nSPS) is 43.1. The van der Waals surface area contributed by atoms with Gasteiger partial charge < -0.3 is 0 Å². The molecule has 0 aliphatic heterocycles. The van der Waals surface area contributed by atoms with E-state index in [0.717, 1.165) is 41.4 Å². The molecule has 0 aromatic rings. The van der Waals surface area contributed by atoms with E-state index in [1.165, 1.54) is 96.3 Å². The highest BCUT2D eigenvalue weighted by molar-refractivity contribution is 5.12. The highest BCUT2D eigenvalue weighted by Crippen LogP contribution is 2.43. The first-order valence-electron chi connectivity index (χ1n) is 13.0. The van der Waals surface area contributed by atoms with Gasteiger partial charge in [-0.25, -0.2) is 0 Å². The highest BCUT2D eigenvalue weighted by atomic mass is 14.4. The van der Waals surface area contributed by atoms with E-state index in [4.69, 9.17) is 0 Å². The van der Waals surface area contributed by atoms with E-state index in [1.54, 1.807) is 0 Å². The minimum atomic E-state index is 0.898. The quantitative estimate of drug-likeness (QED) is 0.426. The second-order valence-electron chi connectivity index (χ2n) is 11.4. The summed E-state index contributed by atoms with van der Waals surface area (Å²) in [5.41, 5.74) is 1.86. The number of hydrogen-bond acceptors (Lipinski definition) is 0. The van der Waals surface area contributed by atoms with Crippen molar-refractivity contribution in [3.8, 4) is 0 Å². The predicted molar refractivity (Wildman–Crippen MR) is 122 cm³/mol. The minimum absolute atomic E-state index is 0.898. The molecule has 1 unspecified atom stereocenters. The number of allylic oxidation sites excluding steroid dienone is 4. The van der Waals surface area contributed by atoms with Gasteiger partial charge in [0.2, 0.25) is 0 Å². The van der Waals surface area contributed by atoms with Crippen LogP contribution in [0.25, 0.3) is 0 Å². The maximum Gasteiger partial charge on any atom is -0.0203 e. The van der Waals surface area contributed by atoms with E-state index in [0.29, 0.717) is 0 Å². The monoisotopic (exact) mass is 382 g/mol. The Morgan fingerprint density at radius 1 is 0.607 bits per heavy atom. The molecular weight excluding hydrogens is 336 g/mol. The van der Waals surface area contributed by atoms with Crippen LogP contribution in [0.5, 0.6) is 0 Å². The maximum absolute atomic E-state index is 2.71. The molecular formula is C28H46. The SMILES string of the molecule is CC1CCC(/C=C/C2CCC(C3CC=C(C4CCC(C)CC4)CC3)CC2)CC1. The zero-order valence-electron chi connectivity index (χ0n) is 18.9. The third kappa shape index (κ3) is 5.54. The topological polar surface area (TPSA) is 0 Å². The van der Waals surface area contributed by atoms with E-state index >= 15 is 0 Å². The Balaban J connectivity index is 1.18. The molecule has 4 aliphatic carbocycles. The van der Waals surface area contributed by atoms with E-state index in [9.17, 15) is 0 Å². The average molecular weight is 383 g/mol. The Bertz CT molecular complexity index is 516. The summed E-state index contributed by atoms with van der Waals surface area (Å²) in [7, 11) is 0. The summed E-state index contributed by atoms with van der Waals surface area (Å²) in [6, 6.07) is 0. The molecule has 0 heteroatoms. The fourth-order valence-electron chi connectivity index (χ4n) is 6.91. The summed E-state index contributed by atoms with van der Waals surface area (Å²) in [6.45, 7) is 4.88. The van der Waals surface area contributed by atoms with Crippen LogP contribution in [0.4, 0.5) is 0 Å². The van der Waals surface area contributed by atoms with Crippen molar-refractivity contribution in [3.63, 3.8) is 0 Å². The van der Waals surface area contributed by atoms with E-state index < -0.39 is 0 Å². The van der Waals surface area contributed by atoms with E-state index in [2.05, 4.69) is 32.1 Å². The average Bonchev–Trinajstić information content (AvgIpc) is 2.74. The smallest absolute Gasteiger partial charge is 0.0203 e. The lowest BCUT2D eigenvalue weighted by molar-refractivity contribution is 0.204. The Labute approximate surface area is 175 Å². The van der Waals surface area contributed by atoms with Gasteiger partial charge >= 0.3 is 0 Å². The summed E-state index contributed by atoms with van der Waals surface area (Å²) >= 11 is 0. The lowest BCUT2D eigenvalue weighted by Crippen LogP contribution is -2.24. The van der Waals surface area contributed by atoms with E-state index in [1.807, 2.05) is 5.57 Å². The first-order valence-corrected chi connectivity index (χ1v) is 13.0. The van der Waals surface area contributed by atoms with Gasteiger partial charge in [-0.3, -0.25) is 0 Å². The van der Waals surface area contributed by atoms with E-state index in [-0.39, 0.29) is 0 Å². The molecule has 158 valence electrons. The summed E-state index contributed by atoms with van der Waals surface area (Å²) in [6.07, 6.45) is 30.0. The van der Waals surface area contributed by atoms with Crippen LogP contribution in [-0.2, 0) is 0 Å². The Morgan fingerprint density at radius 3 is 1.68 bits per heavy atom. The van der Waals surface area contributed by atoms with Gasteiger partial charge in [-0.05, 0) is 112 Å². The summed E-state index contributed by atoms with van der Waals surface area (Å²) < 4.78 is 0. The van der Waals surface area contributed by atoms with Crippen LogP contribution in [0.3, 0.4) is 0 Å². The highest BCUT2D eigenvalue weighted by Gasteiger charge is 2.30. The van der Waals surface area contributed by atoms with Crippen molar-refractivity contribution in [2.75, 3.05) is 0 Å². The molecule has 4 rings (SSSR count). The van der Waals surface area contributed by atoms with Crippen molar-refractivity contribution in [1.29, 1.82) is 0 Å². The molecule has 0 aromatic heterocycles. The zero-order chi connectivity index (χ0) is 19.3. The molecule has 0 N–H and O–H groups in total. The molecule has 0 radical (unpaired) electrons. The van der Waals surface area contributed by atoms with Crippen LogP contribution >= 0.6 is 0 Å². The van der Waals surface area contributed by atoms with Crippen LogP contribution in [0.15, 0.2) is 23.8 Å². The molecule has 1 atom stereocenters. The van der Waals surface area contributed by atoms with Crippen molar-refractivity contribution >= 4 is 0 Å². The van der Waals surface area contributed by atoms with Gasteiger partial charge in [0.25, 0.3) is 0 Å². The van der Waals surface area contributed by atoms with Gasteiger partial charge in [0.1, 0.15) is 0 Å². The molecule has 3 fully saturated rings. The fourth-order valence-corrected chi connectivity index (χ4v) is 6.91. The molecule has 0 saturated heterocycles. The van der Waals surface area contributed by atoms with Gasteiger partial charge in [0.05, 0.1) is 0 Å². The summed E-state index contributed by atoms with van der Waals surface area (Å²) in [5, 5.41) is 0. The molecule has 0 aromatic carbocycles. The summed E-state index contributed by atoms with van der Waals surface area (Å²) in [5.74, 6) is 6.76. The molecule has 0 heterocycles. The molecule has 4 aliphatic rings. The van der Waals surface area contributed by atoms with Crippen molar-refractivity contribution in [1.82, 2.24) is 0 Å². The first-order chi connectivity index (χ1) is 13.7. The van der Waals surface area contributed by atoms with Crippen molar-refractivity contribution in [2.45, 2.75) is 110 Å². The standard InChI is InChI=1S/C28H46/c1-21-3-7-23(8-4-21)9-10-24-11-15-26(16-12-24)28-19-17-27(18-20-28)25-13-5-22(2)6-14-25/h9-10,17,21-26,28H,3-8,11-16,18-20H2,1-2H3/b10-9+. The minimum Gasteiger partial charge on any atom is -0.0851 e. The lowest BCUT2D eigenvalue weighted by atomic mass is 9.69. The lowest BCUT2D eigenvalue weighted by Gasteiger charge is -2.37. The third-order valence-corrected chi connectivity index (χ3v) is 9.23. The third-order valence-electron chi connectivity index (χ3n) is 9.23. The Morgan fingerprint density at radius 2 is 1.14 bits per heavy atom. The Hall–Kier alpha value is -0.520. The first kappa shape index (κ1) is 20.7. The van der Waals surface area contributed by atoms with Crippen LogP contribution in [-0.4, -0.2) is 0 Å². The number of hydrogen-bond donors (Lipinski definition) is 0. The predicted octanol–water partition coefficient (Wildman–Crippen LogP) is 8.73. The zero-order valence-corrected chi connectivity index (χ0v) is 18.9. The van der Waals surface area contributed by atoms with Crippen molar-refractivity contribution in [3.05, 3.63) is 23.8 Å². The van der Waals surface area contributed by atoms with Gasteiger partial charge in [-0.2, -0.15) is 0 Å². The van der Waals surface area contributed by atoms with Crippen molar-refractivity contribution < 1.29 is 0 Å². The van der Waals surface area contributed by atoms with Gasteiger partial charge in [0.15, 0.2) is 0 Å². The Kier molecular flexibility index (Phi) is 7.40.